The molecule has 0 unspecified atom stereocenters. The highest BCUT2D eigenvalue weighted by atomic mass is 16.5. The normalized spacial score (nSPS) is 18.2. The summed E-state index contributed by atoms with van der Waals surface area (Å²) in [4.78, 5) is 25.8. The number of hydrogen-bond acceptors (Lipinski definition) is 3. The molecule has 114 valence electrons. The molecular weight excluding hydrogens is 268 g/mol. The van der Waals surface area contributed by atoms with Gasteiger partial charge in [0.15, 0.2) is 0 Å². The fourth-order valence-electron chi connectivity index (χ4n) is 2.42. The number of nitrogens with one attached hydrogen (secondary N) is 1. The van der Waals surface area contributed by atoms with Gasteiger partial charge in [-0.05, 0) is 45.0 Å². The summed E-state index contributed by atoms with van der Waals surface area (Å²) >= 11 is 0. The quantitative estimate of drug-likeness (QED) is 0.902. The molecule has 1 heterocycles. The third-order valence-electron chi connectivity index (χ3n) is 3.39. The van der Waals surface area contributed by atoms with Crippen LogP contribution >= 0.6 is 0 Å². The van der Waals surface area contributed by atoms with Gasteiger partial charge in [-0.2, -0.15) is 0 Å². The van der Waals surface area contributed by atoms with Crippen molar-refractivity contribution < 1.29 is 14.3 Å². The van der Waals surface area contributed by atoms with Crippen molar-refractivity contribution in [1.29, 1.82) is 0 Å². The molecule has 1 aliphatic heterocycles. The van der Waals surface area contributed by atoms with Crippen LogP contribution in [0.1, 0.15) is 27.2 Å². The smallest absolute Gasteiger partial charge is 0.227 e. The monoisotopic (exact) mass is 290 g/mol. The van der Waals surface area contributed by atoms with E-state index in [4.69, 9.17) is 4.74 Å². The lowest BCUT2D eigenvalue weighted by atomic mass is 10.1. The molecule has 1 aromatic rings. The maximum absolute atomic E-state index is 12.1. The SMILES string of the molecule is CCOc1ccc(N2C[C@@H](C(=O)NC(C)C)CC2=O)cc1. The largest absolute Gasteiger partial charge is 0.494 e. The standard InChI is InChI=1S/C16H22N2O3/c1-4-21-14-7-5-13(6-8-14)18-10-12(9-15(18)19)16(20)17-11(2)3/h5-8,11-12H,4,9-10H2,1-3H3,(H,17,20)/t12-/m0/s1. The minimum Gasteiger partial charge on any atom is -0.494 e. The Morgan fingerprint density at radius 2 is 2.05 bits per heavy atom. The Labute approximate surface area is 125 Å². The Hall–Kier alpha value is -2.04. The Kier molecular flexibility index (Phi) is 4.83. The van der Waals surface area contributed by atoms with E-state index < -0.39 is 0 Å². The van der Waals surface area contributed by atoms with Crippen LogP contribution in [-0.4, -0.2) is 31.0 Å². The average molecular weight is 290 g/mol. The Morgan fingerprint density at radius 1 is 1.38 bits per heavy atom. The van der Waals surface area contributed by atoms with Crippen molar-refractivity contribution in [3.63, 3.8) is 0 Å². The minimum absolute atomic E-state index is 0.0110. The molecule has 0 bridgehead atoms. The van der Waals surface area contributed by atoms with E-state index in [0.29, 0.717) is 13.2 Å². The summed E-state index contributed by atoms with van der Waals surface area (Å²) in [6, 6.07) is 7.48. The molecule has 1 N–H and O–H groups in total. The maximum atomic E-state index is 12.1. The highest BCUT2D eigenvalue weighted by Gasteiger charge is 2.35. The number of rotatable bonds is 5. The lowest BCUT2D eigenvalue weighted by Gasteiger charge is -2.17. The predicted molar refractivity (Wildman–Crippen MR) is 81.3 cm³/mol. The first kappa shape index (κ1) is 15.4. The fourth-order valence-corrected chi connectivity index (χ4v) is 2.42. The molecule has 5 heteroatoms. The van der Waals surface area contributed by atoms with E-state index in [1.165, 1.54) is 0 Å². The Balaban J connectivity index is 2.04. The van der Waals surface area contributed by atoms with Gasteiger partial charge in [-0.3, -0.25) is 9.59 Å². The second kappa shape index (κ2) is 6.61. The number of benzene rings is 1. The molecular formula is C16H22N2O3. The van der Waals surface area contributed by atoms with E-state index in [2.05, 4.69) is 5.32 Å². The third kappa shape index (κ3) is 3.74. The maximum Gasteiger partial charge on any atom is 0.227 e. The molecule has 1 atom stereocenters. The molecule has 5 nitrogen and oxygen atoms in total. The number of ether oxygens (including phenoxy) is 1. The van der Waals surface area contributed by atoms with Gasteiger partial charge in [-0.15, -0.1) is 0 Å². The highest BCUT2D eigenvalue weighted by Crippen LogP contribution is 2.27. The molecule has 0 radical (unpaired) electrons. The van der Waals surface area contributed by atoms with Gasteiger partial charge in [0.25, 0.3) is 0 Å². The number of carbonyl (C=O) groups excluding carboxylic acids is 2. The average Bonchev–Trinajstić information content (AvgIpc) is 2.81. The van der Waals surface area contributed by atoms with E-state index in [-0.39, 0.29) is 30.2 Å². The van der Waals surface area contributed by atoms with Gasteiger partial charge in [-0.1, -0.05) is 0 Å². The minimum atomic E-state index is -0.272. The van der Waals surface area contributed by atoms with Crippen LogP contribution in [0, 0.1) is 5.92 Å². The summed E-state index contributed by atoms with van der Waals surface area (Å²) in [5.41, 5.74) is 0.809. The third-order valence-corrected chi connectivity index (χ3v) is 3.39. The number of hydrogen-bond donors (Lipinski definition) is 1. The molecule has 1 aliphatic rings. The summed E-state index contributed by atoms with van der Waals surface area (Å²) in [5, 5.41) is 2.87. The van der Waals surface area contributed by atoms with E-state index >= 15 is 0 Å². The summed E-state index contributed by atoms with van der Waals surface area (Å²) in [6.45, 7) is 6.80. The van der Waals surface area contributed by atoms with E-state index in [1.54, 1.807) is 4.90 Å². The van der Waals surface area contributed by atoms with Crippen molar-refractivity contribution in [3.8, 4) is 5.75 Å². The lowest BCUT2D eigenvalue weighted by molar-refractivity contribution is -0.126. The van der Waals surface area contributed by atoms with Crippen molar-refractivity contribution >= 4 is 17.5 Å². The predicted octanol–water partition coefficient (Wildman–Crippen LogP) is 1.96. The molecule has 0 saturated carbocycles. The van der Waals surface area contributed by atoms with E-state index in [9.17, 15) is 9.59 Å². The van der Waals surface area contributed by atoms with Crippen molar-refractivity contribution in [1.82, 2.24) is 5.32 Å². The zero-order valence-corrected chi connectivity index (χ0v) is 12.8. The van der Waals surface area contributed by atoms with Crippen LogP contribution in [0.3, 0.4) is 0 Å². The van der Waals surface area contributed by atoms with Gasteiger partial charge < -0.3 is 15.0 Å². The number of amides is 2. The van der Waals surface area contributed by atoms with Crippen LogP contribution in [0.5, 0.6) is 5.75 Å². The van der Waals surface area contributed by atoms with Crippen LogP contribution in [0.2, 0.25) is 0 Å². The zero-order valence-electron chi connectivity index (χ0n) is 12.8. The molecule has 0 aliphatic carbocycles. The topological polar surface area (TPSA) is 58.6 Å². The van der Waals surface area contributed by atoms with Gasteiger partial charge in [0.2, 0.25) is 11.8 Å². The van der Waals surface area contributed by atoms with Crippen molar-refractivity contribution in [2.24, 2.45) is 5.92 Å². The van der Waals surface area contributed by atoms with Gasteiger partial charge in [0.05, 0.1) is 12.5 Å². The first-order chi connectivity index (χ1) is 10.0. The molecule has 21 heavy (non-hydrogen) atoms. The summed E-state index contributed by atoms with van der Waals surface area (Å²) in [6.07, 6.45) is 0.270. The Morgan fingerprint density at radius 3 is 2.62 bits per heavy atom. The highest BCUT2D eigenvalue weighted by molar-refractivity contribution is 6.00. The zero-order chi connectivity index (χ0) is 15.4. The second-order valence-electron chi connectivity index (χ2n) is 5.50. The van der Waals surface area contributed by atoms with Crippen LogP contribution in [-0.2, 0) is 9.59 Å². The first-order valence-electron chi connectivity index (χ1n) is 7.35. The van der Waals surface area contributed by atoms with Crippen molar-refractivity contribution in [2.75, 3.05) is 18.1 Å². The number of nitrogens with zero attached hydrogens (tertiary/aromatic N) is 1. The second-order valence-corrected chi connectivity index (χ2v) is 5.50. The molecule has 0 aromatic heterocycles. The van der Waals surface area contributed by atoms with Gasteiger partial charge >= 0.3 is 0 Å². The number of carbonyl (C=O) groups is 2. The summed E-state index contributed by atoms with van der Waals surface area (Å²) in [5.74, 6) is 0.448. The Bertz CT molecular complexity index is 511. The molecule has 1 fully saturated rings. The van der Waals surface area contributed by atoms with Gasteiger partial charge in [0, 0.05) is 24.7 Å². The molecule has 2 rings (SSSR count). The van der Waals surface area contributed by atoms with E-state index in [0.717, 1.165) is 11.4 Å². The van der Waals surface area contributed by atoms with Crippen molar-refractivity contribution in [3.05, 3.63) is 24.3 Å². The number of anilines is 1. The van der Waals surface area contributed by atoms with Crippen LogP contribution in [0.15, 0.2) is 24.3 Å². The van der Waals surface area contributed by atoms with Crippen LogP contribution in [0.4, 0.5) is 5.69 Å². The summed E-state index contributed by atoms with van der Waals surface area (Å²) in [7, 11) is 0. The molecule has 1 saturated heterocycles. The molecule has 2 amide bonds. The molecule has 1 aromatic carbocycles. The van der Waals surface area contributed by atoms with Crippen molar-refractivity contribution in [2.45, 2.75) is 33.2 Å². The fraction of sp³-hybridized carbons (Fsp3) is 0.500. The van der Waals surface area contributed by atoms with Gasteiger partial charge in [0.1, 0.15) is 5.75 Å². The summed E-state index contributed by atoms with van der Waals surface area (Å²) < 4.78 is 5.39. The van der Waals surface area contributed by atoms with Gasteiger partial charge in [-0.25, -0.2) is 0 Å². The first-order valence-corrected chi connectivity index (χ1v) is 7.35. The van der Waals surface area contributed by atoms with Crippen LogP contribution < -0.4 is 15.0 Å². The van der Waals surface area contributed by atoms with Crippen LogP contribution in [0.25, 0.3) is 0 Å². The van der Waals surface area contributed by atoms with E-state index in [1.807, 2.05) is 45.0 Å². The lowest BCUT2D eigenvalue weighted by Crippen LogP contribution is -2.36. The molecule has 0 spiro atoms.